The van der Waals surface area contributed by atoms with Crippen LogP contribution in [0, 0.1) is 10.1 Å². The first-order valence-corrected chi connectivity index (χ1v) is 6.53. The van der Waals surface area contributed by atoms with Crippen LogP contribution in [0.2, 0.25) is 0 Å². The van der Waals surface area contributed by atoms with Gasteiger partial charge in [0.1, 0.15) is 23.6 Å². The molecule has 8 nitrogen and oxygen atoms in total. The summed E-state index contributed by atoms with van der Waals surface area (Å²) >= 11 is 0. The van der Waals surface area contributed by atoms with Crippen LogP contribution < -0.4 is 4.74 Å². The summed E-state index contributed by atoms with van der Waals surface area (Å²) in [6, 6.07) is 8.80. The Bertz CT molecular complexity index is 902. The lowest BCUT2D eigenvalue weighted by Crippen LogP contribution is -1.98. The summed E-state index contributed by atoms with van der Waals surface area (Å²) < 4.78 is 10.6. The Labute approximate surface area is 129 Å². The Morgan fingerprint density at radius 3 is 2.83 bits per heavy atom. The number of carbonyl (C=O) groups is 1. The number of hydrogen-bond acceptors (Lipinski definition) is 6. The molecule has 1 N–H and O–H groups in total. The Morgan fingerprint density at radius 2 is 2.13 bits per heavy atom. The van der Waals surface area contributed by atoms with Crippen LogP contribution in [0.3, 0.4) is 0 Å². The monoisotopic (exact) mass is 314 g/mol. The summed E-state index contributed by atoms with van der Waals surface area (Å²) in [5.74, 6) is -0.682. The molecule has 3 aromatic rings. The van der Waals surface area contributed by atoms with E-state index in [1.165, 1.54) is 30.5 Å². The highest BCUT2D eigenvalue weighted by Gasteiger charge is 2.16. The van der Waals surface area contributed by atoms with Crippen LogP contribution in [0.25, 0.3) is 10.9 Å². The van der Waals surface area contributed by atoms with Crippen molar-refractivity contribution in [1.29, 1.82) is 0 Å². The van der Waals surface area contributed by atoms with Gasteiger partial charge in [-0.15, -0.1) is 0 Å². The van der Waals surface area contributed by atoms with Crippen molar-refractivity contribution in [1.82, 2.24) is 4.98 Å². The van der Waals surface area contributed by atoms with E-state index in [1.807, 2.05) is 0 Å². The fraction of sp³-hybridized carbons (Fsp3) is 0.0667. The molecule has 0 atom stereocenters. The molecule has 1 aromatic carbocycles. The molecular formula is C15H10N2O6. The summed E-state index contributed by atoms with van der Waals surface area (Å²) in [6.45, 7) is -0.0171. The van der Waals surface area contributed by atoms with E-state index < -0.39 is 10.9 Å². The van der Waals surface area contributed by atoms with E-state index in [2.05, 4.69) is 4.98 Å². The van der Waals surface area contributed by atoms with Crippen molar-refractivity contribution in [3.8, 4) is 5.75 Å². The molecule has 0 spiro atoms. The zero-order valence-electron chi connectivity index (χ0n) is 11.6. The van der Waals surface area contributed by atoms with E-state index >= 15 is 0 Å². The average molecular weight is 314 g/mol. The van der Waals surface area contributed by atoms with Crippen molar-refractivity contribution < 1.29 is 24.0 Å². The fourth-order valence-electron chi connectivity index (χ4n) is 2.13. The van der Waals surface area contributed by atoms with Crippen molar-refractivity contribution in [2.45, 2.75) is 6.61 Å². The molecule has 116 valence electrons. The summed E-state index contributed by atoms with van der Waals surface area (Å²) in [4.78, 5) is 25.4. The van der Waals surface area contributed by atoms with Crippen molar-refractivity contribution in [2.75, 3.05) is 0 Å². The number of benzene rings is 1. The highest BCUT2D eigenvalue weighted by atomic mass is 16.6. The molecule has 0 unspecified atom stereocenters. The molecule has 2 aromatic heterocycles. The number of aromatic nitrogens is 1. The molecule has 2 heterocycles. The molecule has 0 radical (unpaired) electrons. The van der Waals surface area contributed by atoms with Crippen LogP contribution in [-0.2, 0) is 6.61 Å². The fourth-order valence-corrected chi connectivity index (χ4v) is 2.13. The first kappa shape index (κ1) is 14.5. The molecule has 0 bridgehead atoms. The topological polar surface area (TPSA) is 116 Å². The molecule has 0 saturated carbocycles. The van der Waals surface area contributed by atoms with Crippen LogP contribution >= 0.6 is 0 Å². The first-order valence-electron chi connectivity index (χ1n) is 6.53. The molecule has 0 amide bonds. The third kappa shape index (κ3) is 2.82. The lowest BCUT2D eigenvalue weighted by Gasteiger charge is -2.07. The van der Waals surface area contributed by atoms with Gasteiger partial charge in [-0.2, -0.15) is 0 Å². The van der Waals surface area contributed by atoms with Crippen molar-refractivity contribution in [3.05, 3.63) is 64.2 Å². The molecule has 0 aliphatic rings. The van der Waals surface area contributed by atoms with Gasteiger partial charge < -0.3 is 14.3 Å². The third-order valence-corrected chi connectivity index (χ3v) is 3.15. The van der Waals surface area contributed by atoms with E-state index in [0.717, 1.165) is 0 Å². The van der Waals surface area contributed by atoms with Crippen LogP contribution in [0.5, 0.6) is 5.75 Å². The molecule has 0 aliphatic carbocycles. The maximum Gasteiger partial charge on any atom is 0.371 e. The Hall–Kier alpha value is -3.42. The van der Waals surface area contributed by atoms with Crippen molar-refractivity contribution in [3.63, 3.8) is 0 Å². The average Bonchev–Trinajstić information content (AvgIpc) is 3.01. The maximum atomic E-state index is 11.0. The minimum Gasteiger partial charge on any atom is -0.483 e. The van der Waals surface area contributed by atoms with Crippen LogP contribution in [0.15, 0.2) is 47.0 Å². The molecule has 23 heavy (non-hydrogen) atoms. The second-order valence-corrected chi connectivity index (χ2v) is 4.60. The number of hydrogen-bond donors (Lipinski definition) is 1. The second kappa shape index (κ2) is 5.76. The zero-order valence-corrected chi connectivity index (χ0v) is 11.6. The van der Waals surface area contributed by atoms with Crippen LogP contribution in [0.1, 0.15) is 16.3 Å². The number of nitro groups is 1. The highest BCUT2D eigenvalue weighted by molar-refractivity contribution is 5.92. The number of pyridine rings is 1. The van der Waals surface area contributed by atoms with Gasteiger partial charge in [-0.05, 0) is 30.3 Å². The number of nitro benzene ring substituents is 1. The Morgan fingerprint density at radius 1 is 1.30 bits per heavy atom. The van der Waals surface area contributed by atoms with E-state index in [4.69, 9.17) is 14.3 Å². The van der Waals surface area contributed by atoms with Crippen molar-refractivity contribution >= 4 is 22.6 Å². The van der Waals surface area contributed by atoms with Gasteiger partial charge in [0, 0.05) is 12.3 Å². The van der Waals surface area contributed by atoms with E-state index in [9.17, 15) is 14.9 Å². The quantitative estimate of drug-likeness (QED) is 0.568. The van der Waals surface area contributed by atoms with Crippen LogP contribution in [-0.4, -0.2) is 21.0 Å². The lowest BCUT2D eigenvalue weighted by atomic mass is 10.1. The predicted octanol–water partition coefficient (Wildman–Crippen LogP) is 3.01. The Balaban J connectivity index is 1.89. The predicted molar refractivity (Wildman–Crippen MR) is 78.4 cm³/mol. The number of carboxylic acid groups (broad SMARTS) is 1. The summed E-state index contributed by atoms with van der Waals surface area (Å²) in [5.41, 5.74) is 0.290. The lowest BCUT2D eigenvalue weighted by molar-refractivity contribution is -0.383. The van der Waals surface area contributed by atoms with E-state index in [-0.39, 0.29) is 18.1 Å². The summed E-state index contributed by atoms with van der Waals surface area (Å²) in [6.07, 6.45) is 1.51. The van der Waals surface area contributed by atoms with E-state index in [0.29, 0.717) is 22.4 Å². The maximum absolute atomic E-state index is 11.0. The second-order valence-electron chi connectivity index (χ2n) is 4.60. The van der Waals surface area contributed by atoms with Gasteiger partial charge in [0.2, 0.25) is 5.76 Å². The number of carboxylic acids is 1. The molecule has 8 heteroatoms. The van der Waals surface area contributed by atoms with E-state index in [1.54, 1.807) is 12.1 Å². The minimum atomic E-state index is -1.17. The van der Waals surface area contributed by atoms with Gasteiger partial charge in [0.25, 0.3) is 5.69 Å². The zero-order chi connectivity index (χ0) is 16.4. The number of nitrogens with zero attached hydrogens (tertiary/aromatic N) is 2. The molecular weight excluding hydrogens is 304 g/mol. The number of aromatic carboxylic acids is 1. The number of fused-ring (bicyclic) bond motifs is 1. The Kier molecular flexibility index (Phi) is 3.63. The summed E-state index contributed by atoms with van der Waals surface area (Å²) in [7, 11) is 0. The standard InChI is InChI=1S/C15H10N2O6/c18-15(19)13-5-3-9(23-13)8-22-12-6-4-11(17(20)21)10-2-1-7-16-14(10)12/h1-7H,8H2,(H,18,19). The normalized spacial score (nSPS) is 10.6. The van der Waals surface area contributed by atoms with Gasteiger partial charge in [0.15, 0.2) is 0 Å². The molecule has 3 rings (SSSR count). The van der Waals surface area contributed by atoms with Gasteiger partial charge in [-0.1, -0.05) is 0 Å². The minimum absolute atomic E-state index is 0.0171. The van der Waals surface area contributed by atoms with Crippen LogP contribution in [0.4, 0.5) is 5.69 Å². The van der Waals surface area contributed by atoms with Gasteiger partial charge in [-0.3, -0.25) is 15.1 Å². The third-order valence-electron chi connectivity index (χ3n) is 3.15. The van der Waals surface area contributed by atoms with Gasteiger partial charge in [0.05, 0.1) is 10.3 Å². The van der Waals surface area contributed by atoms with Gasteiger partial charge in [-0.25, -0.2) is 4.79 Å². The number of ether oxygens (including phenoxy) is 1. The first-order chi connectivity index (χ1) is 11.1. The summed E-state index contributed by atoms with van der Waals surface area (Å²) in [5, 5.41) is 20.2. The highest BCUT2D eigenvalue weighted by Crippen LogP contribution is 2.31. The SMILES string of the molecule is O=C(O)c1ccc(COc2ccc([N+](=O)[O-])c3cccnc23)o1. The largest absolute Gasteiger partial charge is 0.483 e. The number of furan rings is 1. The molecule has 0 aliphatic heterocycles. The molecule has 0 fully saturated rings. The smallest absolute Gasteiger partial charge is 0.371 e. The molecule has 0 saturated heterocycles. The number of non-ortho nitro benzene ring substituents is 1. The van der Waals surface area contributed by atoms with Gasteiger partial charge >= 0.3 is 5.97 Å². The number of rotatable bonds is 5. The van der Waals surface area contributed by atoms with Crippen molar-refractivity contribution in [2.24, 2.45) is 0 Å².